The molecule has 0 atom stereocenters. The Balaban J connectivity index is 2.06. The van der Waals surface area contributed by atoms with Gasteiger partial charge < -0.3 is 10.3 Å². The summed E-state index contributed by atoms with van der Waals surface area (Å²) in [5.41, 5.74) is 7.88. The lowest BCUT2D eigenvalue weighted by Crippen LogP contribution is -2.11. The smallest absolute Gasteiger partial charge is 0.249 e. The number of fused-ring (bicyclic) bond motifs is 3. The summed E-state index contributed by atoms with van der Waals surface area (Å²) >= 11 is 0. The lowest BCUT2D eigenvalue weighted by atomic mass is 10.1. The fourth-order valence-electron chi connectivity index (χ4n) is 3.51. The van der Waals surface area contributed by atoms with Gasteiger partial charge in [-0.2, -0.15) is 0 Å². The number of hydrogen-bond donors (Lipinski definition) is 1. The summed E-state index contributed by atoms with van der Waals surface area (Å²) in [5, 5.41) is 1.39. The summed E-state index contributed by atoms with van der Waals surface area (Å²) in [4.78, 5) is 11.9. The first-order chi connectivity index (χ1) is 12.9. The van der Waals surface area contributed by atoms with Crippen molar-refractivity contribution in [2.45, 2.75) is 13.5 Å². The molecule has 6 heteroatoms. The molecule has 4 aromatic rings. The van der Waals surface area contributed by atoms with Crippen LogP contribution in [0, 0.1) is 24.4 Å². The highest BCUT2D eigenvalue weighted by molar-refractivity contribution is 6.17. The van der Waals surface area contributed by atoms with Crippen LogP contribution in [0.5, 0.6) is 0 Å². The molecule has 4 rings (SSSR count). The molecule has 1 aromatic heterocycles. The van der Waals surface area contributed by atoms with E-state index in [2.05, 4.69) is 0 Å². The number of nitrogens with two attached hydrogens (primary N) is 1. The Kier molecular flexibility index (Phi) is 3.91. The molecule has 0 radical (unpaired) electrons. The largest absolute Gasteiger partial charge is 0.366 e. The average Bonchev–Trinajstić information content (AvgIpc) is 2.90. The van der Waals surface area contributed by atoms with E-state index in [-0.39, 0.29) is 12.1 Å². The summed E-state index contributed by atoms with van der Waals surface area (Å²) in [6, 6.07) is 12.0. The highest BCUT2D eigenvalue weighted by Crippen LogP contribution is 2.33. The Morgan fingerprint density at radius 1 is 1.00 bits per heavy atom. The van der Waals surface area contributed by atoms with Crippen molar-refractivity contribution in [2.24, 2.45) is 5.73 Å². The number of nitrogens with zero attached hydrogens (tertiary/aromatic N) is 1. The number of carbonyl (C=O) groups is 1. The second-order valence-corrected chi connectivity index (χ2v) is 6.52. The quantitative estimate of drug-likeness (QED) is 0.561. The minimum atomic E-state index is -0.970. The average molecular weight is 368 g/mol. The van der Waals surface area contributed by atoms with Crippen LogP contribution in [0.1, 0.15) is 21.5 Å². The van der Waals surface area contributed by atoms with E-state index in [1.807, 2.05) is 25.1 Å². The number of benzene rings is 3. The van der Waals surface area contributed by atoms with Crippen molar-refractivity contribution >= 4 is 27.7 Å². The molecule has 3 aromatic carbocycles. The molecule has 1 amide bonds. The van der Waals surface area contributed by atoms with Gasteiger partial charge in [0.1, 0.15) is 17.5 Å². The molecule has 0 fully saturated rings. The number of halogens is 3. The lowest BCUT2D eigenvalue weighted by Gasteiger charge is -2.10. The number of aryl methyl sites for hydroxylation is 1. The summed E-state index contributed by atoms with van der Waals surface area (Å²) < 4.78 is 43.4. The van der Waals surface area contributed by atoms with Gasteiger partial charge in [-0.15, -0.1) is 0 Å². The third-order valence-corrected chi connectivity index (χ3v) is 4.73. The van der Waals surface area contributed by atoms with E-state index in [0.29, 0.717) is 34.1 Å². The van der Waals surface area contributed by atoms with Crippen molar-refractivity contribution in [1.29, 1.82) is 0 Å². The van der Waals surface area contributed by atoms with Crippen LogP contribution < -0.4 is 5.73 Å². The van der Waals surface area contributed by atoms with Gasteiger partial charge in [0.05, 0.1) is 12.1 Å². The summed E-state index contributed by atoms with van der Waals surface area (Å²) in [6.07, 6.45) is 0. The topological polar surface area (TPSA) is 48.0 Å². The number of hydrogen-bond acceptors (Lipinski definition) is 1. The molecule has 3 nitrogen and oxygen atoms in total. The fourth-order valence-corrected chi connectivity index (χ4v) is 3.51. The number of rotatable bonds is 3. The van der Waals surface area contributed by atoms with Crippen LogP contribution in [0.25, 0.3) is 21.8 Å². The van der Waals surface area contributed by atoms with Gasteiger partial charge in [0.2, 0.25) is 5.91 Å². The molecule has 0 aliphatic heterocycles. The van der Waals surface area contributed by atoms with Crippen molar-refractivity contribution in [3.05, 3.63) is 82.7 Å². The van der Waals surface area contributed by atoms with E-state index in [0.717, 1.165) is 10.9 Å². The van der Waals surface area contributed by atoms with E-state index < -0.39 is 23.4 Å². The second kappa shape index (κ2) is 6.16. The van der Waals surface area contributed by atoms with Crippen LogP contribution >= 0.6 is 0 Å². The van der Waals surface area contributed by atoms with Gasteiger partial charge in [0, 0.05) is 39.5 Å². The molecule has 1 heterocycles. The van der Waals surface area contributed by atoms with E-state index >= 15 is 0 Å². The fraction of sp³-hybridized carbons (Fsp3) is 0.0952. The molecule has 27 heavy (non-hydrogen) atoms. The minimum Gasteiger partial charge on any atom is -0.366 e. The first-order valence-corrected chi connectivity index (χ1v) is 8.31. The van der Waals surface area contributed by atoms with Crippen LogP contribution in [-0.2, 0) is 6.54 Å². The normalized spacial score (nSPS) is 11.4. The van der Waals surface area contributed by atoms with Crippen molar-refractivity contribution in [1.82, 2.24) is 4.57 Å². The van der Waals surface area contributed by atoms with Crippen molar-refractivity contribution in [3.63, 3.8) is 0 Å². The molecule has 0 spiro atoms. The zero-order valence-electron chi connectivity index (χ0n) is 14.4. The predicted octanol–water partition coefficient (Wildman–Crippen LogP) is 4.67. The van der Waals surface area contributed by atoms with Crippen molar-refractivity contribution in [2.75, 3.05) is 0 Å². The number of aromatic nitrogens is 1. The maximum absolute atomic E-state index is 14.2. The first-order valence-electron chi connectivity index (χ1n) is 8.31. The summed E-state index contributed by atoms with van der Waals surface area (Å²) in [6.45, 7) is 1.75. The highest BCUT2D eigenvalue weighted by atomic mass is 19.1. The van der Waals surface area contributed by atoms with Gasteiger partial charge in [-0.25, -0.2) is 13.2 Å². The van der Waals surface area contributed by atoms with Crippen LogP contribution in [-0.4, -0.2) is 10.5 Å². The molecule has 0 aliphatic carbocycles. The Labute approximate surface area is 152 Å². The number of amides is 1. The zero-order valence-corrected chi connectivity index (χ0v) is 14.4. The van der Waals surface area contributed by atoms with Crippen LogP contribution in [0.15, 0.2) is 48.5 Å². The zero-order chi connectivity index (χ0) is 19.3. The van der Waals surface area contributed by atoms with Gasteiger partial charge in [-0.3, -0.25) is 4.79 Å². The maximum Gasteiger partial charge on any atom is 0.249 e. The molecular weight excluding hydrogens is 353 g/mol. The van der Waals surface area contributed by atoms with E-state index in [1.54, 1.807) is 22.8 Å². The van der Waals surface area contributed by atoms with E-state index in [4.69, 9.17) is 5.73 Å². The highest BCUT2D eigenvalue weighted by Gasteiger charge is 2.19. The van der Waals surface area contributed by atoms with Gasteiger partial charge in [-0.05, 0) is 30.7 Å². The Hall–Kier alpha value is -3.28. The van der Waals surface area contributed by atoms with Crippen LogP contribution in [0.2, 0.25) is 0 Å². The van der Waals surface area contributed by atoms with Crippen LogP contribution in [0.3, 0.4) is 0 Å². The van der Waals surface area contributed by atoms with Gasteiger partial charge in [0.15, 0.2) is 0 Å². The number of primary amides is 1. The predicted molar refractivity (Wildman–Crippen MR) is 98.1 cm³/mol. The van der Waals surface area contributed by atoms with E-state index in [9.17, 15) is 18.0 Å². The molecule has 0 aliphatic rings. The SMILES string of the molecule is Cc1ccc2c3c(C(N)=O)cccc3n(Cc3c(F)cc(F)cc3F)c2c1. The second-order valence-electron chi connectivity index (χ2n) is 6.52. The van der Waals surface area contributed by atoms with Crippen molar-refractivity contribution in [3.8, 4) is 0 Å². The van der Waals surface area contributed by atoms with Gasteiger partial charge >= 0.3 is 0 Å². The molecule has 0 bridgehead atoms. The molecule has 0 unspecified atom stereocenters. The number of carbonyl (C=O) groups excluding carboxylic acids is 1. The van der Waals surface area contributed by atoms with Gasteiger partial charge in [-0.1, -0.05) is 18.2 Å². The van der Waals surface area contributed by atoms with Crippen LogP contribution in [0.4, 0.5) is 13.2 Å². The summed E-state index contributed by atoms with van der Waals surface area (Å²) in [5.74, 6) is -3.47. The Morgan fingerprint density at radius 2 is 1.70 bits per heavy atom. The first kappa shape index (κ1) is 17.1. The lowest BCUT2D eigenvalue weighted by molar-refractivity contribution is 0.100. The minimum absolute atomic E-state index is 0.149. The molecule has 2 N–H and O–H groups in total. The standard InChI is InChI=1S/C21H15F3N2O/c1-11-5-6-13-19(7-11)26(10-15-16(23)8-12(22)9-17(15)24)18-4-2-3-14(20(13)18)21(25)27/h2-9H,10H2,1H3,(H2,25,27). The third-order valence-electron chi connectivity index (χ3n) is 4.73. The molecule has 0 saturated carbocycles. The summed E-state index contributed by atoms with van der Waals surface area (Å²) in [7, 11) is 0. The van der Waals surface area contributed by atoms with E-state index in [1.165, 1.54) is 0 Å². The monoisotopic (exact) mass is 368 g/mol. The molecule has 0 saturated heterocycles. The molecule has 136 valence electrons. The Bertz CT molecular complexity index is 1200. The van der Waals surface area contributed by atoms with Gasteiger partial charge in [0.25, 0.3) is 0 Å². The molecular formula is C21H15F3N2O. The van der Waals surface area contributed by atoms with Crippen molar-refractivity contribution < 1.29 is 18.0 Å². The Morgan fingerprint density at radius 3 is 2.37 bits per heavy atom. The third kappa shape index (κ3) is 2.73. The maximum atomic E-state index is 14.2.